The normalized spacial score (nSPS) is 13.6. The number of hydrogen-bond acceptors (Lipinski definition) is 3. The summed E-state index contributed by atoms with van der Waals surface area (Å²) in [6.07, 6.45) is 2.71. The van der Waals surface area contributed by atoms with Crippen molar-refractivity contribution in [2.75, 3.05) is 5.32 Å². The van der Waals surface area contributed by atoms with Gasteiger partial charge in [-0.3, -0.25) is 9.89 Å². The molecule has 1 aliphatic carbocycles. The molecule has 0 atom stereocenters. The summed E-state index contributed by atoms with van der Waals surface area (Å²) in [6, 6.07) is 17.7. The summed E-state index contributed by atoms with van der Waals surface area (Å²) in [5.74, 6) is 1.11. The van der Waals surface area contributed by atoms with E-state index in [1.165, 1.54) is 12.8 Å². The van der Waals surface area contributed by atoms with Crippen molar-refractivity contribution in [3.05, 3.63) is 71.4 Å². The second-order valence-electron chi connectivity index (χ2n) is 6.76. The van der Waals surface area contributed by atoms with Crippen LogP contribution in [0.2, 0.25) is 0 Å². The summed E-state index contributed by atoms with van der Waals surface area (Å²) in [5.41, 5.74) is 5.13. The lowest BCUT2D eigenvalue weighted by atomic mass is 10.0. The quantitative estimate of drug-likeness (QED) is 0.637. The maximum absolute atomic E-state index is 12.2. The van der Waals surface area contributed by atoms with Gasteiger partial charge in [0.1, 0.15) is 0 Å². The van der Waals surface area contributed by atoms with Crippen molar-refractivity contribution in [3.63, 3.8) is 0 Å². The Bertz CT molecular complexity index is 894. The van der Waals surface area contributed by atoms with E-state index >= 15 is 0 Å². The molecule has 1 heterocycles. The zero-order valence-electron chi connectivity index (χ0n) is 14.4. The second-order valence-corrected chi connectivity index (χ2v) is 6.76. The van der Waals surface area contributed by atoms with Crippen LogP contribution in [0.4, 0.5) is 5.82 Å². The van der Waals surface area contributed by atoms with Gasteiger partial charge in [0.05, 0.1) is 13.0 Å². The minimum Gasteiger partial charge on any atom is -0.392 e. The molecule has 1 aliphatic rings. The summed E-state index contributed by atoms with van der Waals surface area (Å²) in [5, 5.41) is 19.1. The Morgan fingerprint density at radius 3 is 2.23 bits per heavy atom. The van der Waals surface area contributed by atoms with Gasteiger partial charge < -0.3 is 10.4 Å². The van der Waals surface area contributed by atoms with Crippen LogP contribution < -0.4 is 5.32 Å². The standard InChI is InChI=1S/C21H21N3O2/c25-13-15-3-7-17(8-4-15)16-5-1-14(2-6-16)11-21(26)22-20-12-19(23-24-20)18-9-10-18/h1-8,12,18,25H,9-11,13H2,(H2,22,23,24,26). The van der Waals surface area contributed by atoms with Crippen LogP contribution in [0.25, 0.3) is 11.1 Å². The highest BCUT2D eigenvalue weighted by Gasteiger charge is 2.25. The first kappa shape index (κ1) is 16.5. The number of rotatable bonds is 6. The smallest absolute Gasteiger partial charge is 0.229 e. The van der Waals surface area contributed by atoms with Gasteiger partial charge >= 0.3 is 0 Å². The molecule has 3 N–H and O–H groups in total. The molecule has 0 saturated heterocycles. The number of anilines is 1. The molecule has 0 bridgehead atoms. The minimum absolute atomic E-state index is 0.0481. The Hall–Kier alpha value is -2.92. The van der Waals surface area contributed by atoms with Crippen LogP contribution >= 0.6 is 0 Å². The average Bonchev–Trinajstić information content (AvgIpc) is 3.42. The number of H-pyrrole nitrogens is 1. The fraction of sp³-hybridized carbons (Fsp3) is 0.238. The van der Waals surface area contributed by atoms with Crippen LogP contribution in [0.3, 0.4) is 0 Å². The lowest BCUT2D eigenvalue weighted by Gasteiger charge is -2.06. The molecule has 1 amide bonds. The highest BCUT2D eigenvalue weighted by molar-refractivity contribution is 5.91. The van der Waals surface area contributed by atoms with Crippen molar-refractivity contribution in [1.82, 2.24) is 10.2 Å². The molecule has 26 heavy (non-hydrogen) atoms. The van der Waals surface area contributed by atoms with Crippen LogP contribution in [0, 0.1) is 0 Å². The SMILES string of the molecule is O=C(Cc1ccc(-c2ccc(CO)cc2)cc1)Nc1cc(C2CC2)[nH]n1. The number of nitrogens with one attached hydrogen (secondary N) is 2. The van der Waals surface area contributed by atoms with E-state index in [2.05, 4.69) is 15.5 Å². The van der Waals surface area contributed by atoms with Crippen LogP contribution in [0.1, 0.15) is 35.6 Å². The molecule has 5 nitrogen and oxygen atoms in total. The van der Waals surface area contributed by atoms with Crippen molar-refractivity contribution in [2.24, 2.45) is 0 Å². The molecule has 2 aromatic carbocycles. The van der Waals surface area contributed by atoms with Gasteiger partial charge in [-0.05, 0) is 35.1 Å². The number of nitrogens with zero attached hydrogens (tertiary/aromatic N) is 1. The Morgan fingerprint density at radius 1 is 1.04 bits per heavy atom. The molecule has 3 aromatic rings. The Morgan fingerprint density at radius 2 is 1.65 bits per heavy atom. The molecule has 1 aromatic heterocycles. The summed E-state index contributed by atoms with van der Waals surface area (Å²) >= 11 is 0. The highest BCUT2D eigenvalue weighted by Crippen LogP contribution is 2.39. The average molecular weight is 347 g/mol. The Kier molecular flexibility index (Phi) is 4.54. The Labute approximate surface area is 152 Å². The number of benzene rings is 2. The number of aromatic nitrogens is 2. The van der Waals surface area contributed by atoms with Gasteiger partial charge in [0.25, 0.3) is 0 Å². The van der Waals surface area contributed by atoms with E-state index < -0.39 is 0 Å². The van der Waals surface area contributed by atoms with Crippen molar-refractivity contribution in [3.8, 4) is 11.1 Å². The van der Waals surface area contributed by atoms with Crippen LogP contribution in [0.15, 0.2) is 54.6 Å². The van der Waals surface area contributed by atoms with Crippen molar-refractivity contribution < 1.29 is 9.90 Å². The first-order valence-corrected chi connectivity index (χ1v) is 8.85. The number of aromatic amines is 1. The lowest BCUT2D eigenvalue weighted by Crippen LogP contribution is -2.14. The van der Waals surface area contributed by atoms with E-state index in [9.17, 15) is 4.79 Å². The highest BCUT2D eigenvalue weighted by atomic mass is 16.3. The zero-order valence-corrected chi connectivity index (χ0v) is 14.4. The number of aliphatic hydroxyl groups excluding tert-OH is 1. The van der Waals surface area contributed by atoms with E-state index in [0.29, 0.717) is 18.2 Å². The van der Waals surface area contributed by atoms with Gasteiger partial charge in [0, 0.05) is 17.7 Å². The lowest BCUT2D eigenvalue weighted by molar-refractivity contribution is -0.115. The Balaban J connectivity index is 1.37. The second kappa shape index (κ2) is 7.14. The summed E-state index contributed by atoms with van der Waals surface area (Å²) in [6.45, 7) is 0.0481. The fourth-order valence-electron chi connectivity index (χ4n) is 2.99. The maximum atomic E-state index is 12.2. The van der Waals surface area contributed by atoms with Gasteiger partial charge in [-0.25, -0.2) is 0 Å². The monoisotopic (exact) mass is 347 g/mol. The van der Waals surface area contributed by atoms with Gasteiger partial charge in [-0.2, -0.15) is 5.10 Å². The molecule has 132 valence electrons. The zero-order chi connectivity index (χ0) is 17.9. The molecule has 1 fully saturated rings. The van der Waals surface area contributed by atoms with Crippen LogP contribution in [-0.2, 0) is 17.8 Å². The third-order valence-electron chi connectivity index (χ3n) is 4.67. The molecular formula is C21H21N3O2. The molecule has 0 spiro atoms. The number of amides is 1. The third-order valence-corrected chi connectivity index (χ3v) is 4.67. The van der Waals surface area contributed by atoms with Crippen molar-refractivity contribution >= 4 is 11.7 Å². The largest absolute Gasteiger partial charge is 0.392 e. The van der Waals surface area contributed by atoms with E-state index in [0.717, 1.165) is 27.9 Å². The van der Waals surface area contributed by atoms with E-state index in [4.69, 9.17) is 5.11 Å². The number of hydrogen-bond donors (Lipinski definition) is 3. The first-order valence-electron chi connectivity index (χ1n) is 8.85. The van der Waals surface area contributed by atoms with Gasteiger partial charge in [-0.15, -0.1) is 0 Å². The molecule has 5 heteroatoms. The topological polar surface area (TPSA) is 78.0 Å². The van der Waals surface area contributed by atoms with E-state index in [1.54, 1.807) is 0 Å². The third kappa shape index (κ3) is 3.83. The van der Waals surface area contributed by atoms with E-state index in [1.807, 2.05) is 54.6 Å². The molecule has 0 unspecified atom stereocenters. The van der Waals surface area contributed by atoms with Crippen molar-refractivity contribution in [2.45, 2.75) is 31.8 Å². The predicted octanol–water partition coefficient (Wildman–Crippen LogP) is 3.63. The first-order chi connectivity index (χ1) is 12.7. The van der Waals surface area contributed by atoms with Gasteiger partial charge in [0.15, 0.2) is 5.82 Å². The molecule has 4 rings (SSSR count). The van der Waals surface area contributed by atoms with Crippen molar-refractivity contribution in [1.29, 1.82) is 0 Å². The number of aliphatic hydroxyl groups is 1. The minimum atomic E-state index is -0.0705. The summed E-state index contributed by atoms with van der Waals surface area (Å²) < 4.78 is 0. The number of carbonyl (C=O) groups excluding carboxylic acids is 1. The fourth-order valence-corrected chi connectivity index (χ4v) is 2.99. The van der Waals surface area contributed by atoms with Crippen LogP contribution in [-0.4, -0.2) is 21.2 Å². The predicted molar refractivity (Wildman–Crippen MR) is 101 cm³/mol. The van der Waals surface area contributed by atoms with Gasteiger partial charge in [0.2, 0.25) is 5.91 Å². The maximum Gasteiger partial charge on any atom is 0.229 e. The summed E-state index contributed by atoms with van der Waals surface area (Å²) in [4.78, 5) is 12.2. The van der Waals surface area contributed by atoms with Crippen LogP contribution in [0.5, 0.6) is 0 Å². The molecular weight excluding hydrogens is 326 g/mol. The number of carbonyl (C=O) groups is 1. The van der Waals surface area contributed by atoms with Gasteiger partial charge in [-0.1, -0.05) is 48.5 Å². The molecule has 0 radical (unpaired) electrons. The summed E-state index contributed by atoms with van der Waals surface area (Å²) in [7, 11) is 0. The molecule has 0 aliphatic heterocycles. The van der Waals surface area contributed by atoms with E-state index in [-0.39, 0.29) is 12.5 Å². The molecule has 1 saturated carbocycles.